The lowest BCUT2D eigenvalue weighted by Gasteiger charge is -2.06. The number of rotatable bonds is 3. The fraction of sp³-hybridized carbons (Fsp3) is 0. The highest BCUT2D eigenvalue weighted by Gasteiger charge is 2.07. The summed E-state index contributed by atoms with van der Waals surface area (Å²) in [6.45, 7) is 0. The average molecular weight is 343 g/mol. The molecule has 2 N–H and O–H groups in total. The van der Waals surface area contributed by atoms with Gasteiger partial charge in [0.2, 0.25) is 0 Å². The number of nitrogens with one attached hydrogen (secondary N) is 2. The lowest BCUT2D eigenvalue weighted by atomic mass is 10.1. The fourth-order valence-electron chi connectivity index (χ4n) is 1.89. The maximum absolute atomic E-state index is 12.2. The summed E-state index contributed by atoms with van der Waals surface area (Å²) in [5.41, 5.74) is 2.17. The molecule has 3 aromatic rings. The van der Waals surface area contributed by atoms with Gasteiger partial charge in [-0.3, -0.25) is 9.89 Å². The first kappa shape index (κ1) is 13.5. The molecule has 0 radical (unpaired) electrons. The molecule has 0 aliphatic rings. The molecule has 5 nitrogen and oxygen atoms in total. The van der Waals surface area contributed by atoms with E-state index in [4.69, 9.17) is 0 Å². The van der Waals surface area contributed by atoms with E-state index < -0.39 is 0 Å². The Balaban J connectivity index is 1.80. The minimum atomic E-state index is -0.155. The van der Waals surface area contributed by atoms with Crippen LogP contribution in [0.4, 0.5) is 5.69 Å². The molecule has 0 saturated carbocycles. The fourth-order valence-corrected chi connectivity index (χ4v) is 2.16. The Kier molecular flexibility index (Phi) is 3.79. The van der Waals surface area contributed by atoms with Crippen molar-refractivity contribution in [3.8, 4) is 11.4 Å². The van der Waals surface area contributed by atoms with Crippen molar-refractivity contribution < 1.29 is 4.79 Å². The van der Waals surface area contributed by atoms with E-state index in [-0.39, 0.29) is 5.91 Å². The summed E-state index contributed by atoms with van der Waals surface area (Å²) in [6.07, 6.45) is 1.45. The Bertz CT molecular complexity index is 754. The molecule has 0 aliphatic carbocycles. The molecule has 0 unspecified atom stereocenters. The summed E-state index contributed by atoms with van der Waals surface area (Å²) in [4.78, 5) is 16.3. The van der Waals surface area contributed by atoms with Crippen LogP contribution < -0.4 is 5.32 Å². The van der Waals surface area contributed by atoms with Crippen molar-refractivity contribution in [3.63, 3.8) is 0 Å². The number of anilines is 1. The van der Waals surface area contributed by atoms with Crippen LogP contribution in [0.3, 0.4) is 0 Å². The van der Waals surface area contributed by atoms with E-state index in [1.54, 1.807) is 12.1 Å². The largest absolute Gasteiger partial charge is 0.322 e. The van der Waals surface area contributed by atoms with Crippen LogP contribution in [0.25, 0.3) is 11.4 Å². The van der Waals surface area contributed by atoms with E-state index >= 15 is 0 Å². The zero-order valence-corrected chi connectivity index (χ0v) is 12.5. The van der Waals surface area contributed by atoms with Crippen LogP contribution in [0.1, 0.15) is 10.4 Å². The Morgan fingerprint density at radius 2 is 1.95 bits per heavy atom. The van der Waals surface area contributed by atoms with Gasteiger partial charge in [0.1, 0.15) is 6.33 Å². The molecule has 2 aromatic carbocycles. The number of aromatic nitrogens is 3. The predicted octanol–water partition coefficient (Wildman–Crippen LogP) is 3.49. The predicted molar refractivity (Wildman–Crippen MR) is 83.9 cm³/mol. The molecule has 0 aliphatic heterocycles. The number of H-pyrrole nitrogens is 1. The monoisotopic (exact) mass is 342 g/mol. The third-order valence-corrected chi connectivity index (χ3v) is 3.44. The number of nitrogens with zero attached hydrogens (tertiary/aromatic N) is 2. The van der Waals surface area contributed by atoms with Crippen molar-refractivity contribution in [1.82, 2.24) is 15.2 Å². The Hall–Kier alpha value is -2.47. The summed E-state index contributed by atoms with van der Waals surface area (Å²) < 4.78 is 0.936. The smallest absolute Gasteiger partial charge is 0.255 e. The second-order valence-electron chi connectivity index (χ2n) is 4.38. The normalized spacial score (nSPS) is 10.3. The topological polar surface area (TPSA) is 70.7 Å². The van der Waals surface area contributed by atoms with Gasteiger partial charge in [0.25, 0.3) is 5.91 Å². The number of hydrogen-bond donors (Lipinski definition) is 2. The van der Waals surface area contributed by atoms with E-state index in [1.807, 2.05) is 36.4 Å². The van der Waals surface area contributed by atoms with Gasteiger partial charge in [0, 0.05) is 21.3 Å². The summed E-state index contributed by atoms with van der Waals surface area (Å²) >= 11 is 3.34. The molecule has 104 valence electrons. The summed E-state index contributed by atoms with van der Waals surface area (Å²) in [6, 6.07) is 14.6. The van der Waals surface area contributed by atoms with Crippen LogP contribution in [0.2, 0.25) is 0 Å². The average Bonchev–Trinajstić information content (AvgIpc) is 3.02. The molecule has 0 spiro atoms. The summed E-state index contributed by atoms with van der Waals surface area (Å²) in [7, 11) is 0. The van der Waals surface area contributed by atoms with Gasteiger partial charge in [-0.1, -0.05) is 28.1 Å². The van der Waals surface area contributed by atoms with Crippen molar-refractivity contribution in [1.29, 1.82) is 0 Å². The Morgan fingerprint density at radius 3 is 2.67 bits per heavy atom. The third kappa shape index (κ3) is 3.17. The molecule has 1 heterocycles. The van der Waals surface area contributed by atoms with Gasteiger partial charge >= 0.3 is 0 Å². The van der Waals surface area contributed by atoms with Crippen molar-refractivity contribution in [2.75, 3.05) is 5.32 Å². The second-order valence-corrected chi connectivity index (χ2v) is 5.29. The van der Waals surface area contributed by atoms with Crippen molar-refractivity contribution in [2.24, 2.45) is 0 Å². The highest BCUT2D eigenvalue weighted by Crippen LogP contribution is 2.19. The summed E-state index contributed by atoms with van der Waals surface area (Å²) in [5, 5.41) is 9.47. The minimum Gasteiger partial charge on any atom is -0.322 e. The van der Waals surface area contributed by atoms with Crippen LogP contribution >= 0.6 is 15.9 Å². The standard InChI is InChI=1S/C15H11BrN4O/c16-12-6-4-10(5-7-12)15(21)19-13-3-1-2-11(8-13)14-17-9-18-20-14/h1-9H,(H,19,21)(H,17,18,20). The lowest BCUT2D eigenvalue weighted by Crippen LogP contribution is -2.11. The molecule has 0 atom stereocenters. The van der Waals surface area contributed by atoms with Gasteiger partial charge in [-0.15, -0.1) is 0 Å². The van der Waals surface area contributed by atoms with Crippen LogP contribution in [0.5, 0.6) is 0 Å². The zero-order valence-electron chi connectivity index (χ0n) is 10.9. The highest BCUT2D eigenvalue weighted by atomic mass is 79.9. The number of amides is 1. The molecule has 0 bridgehead atoms. The quantitative estimate of drug-likeness (QED) is 0.765. The maximum Gasteiger partial charge on any atom is 0.255 e. The van der Waals surface area contributed by atoms with Gasteiger partial charge in [0.15, 0.2) is 5.82 Å². The first-order valence-corrected chi connectivity index (χ1v) is 7.04. The van der Waals surface area contributed by atoms with E-state index in [0.717, 1.165) is 10.0 Å². The van der Waals surface area contributed by atoms with Crippen LogP contribution in [-0.2, 0) is 0 Å². The molecule has 0 fully saturated rings. The molecule has 1 aromatic heterocycles. The molecule has 0 saturated heterocycles. The van der Waals surface area contributed by atoms with Crippen molar-refractivity contribution >= 4 is 27.5 Å². The highest BCUT2D eigenvalue weighted by molar-refractivity contribution is 9.10. The number of carbonyl (C=O) groups excluding carboxylic acids is 1. The first-order valence-electron chi connectivity index (χ1n) is 6.25. The molecule has 6 heteroatoms. The van der Waals surface area contributed by atoms with Crippen molar-refractivity contribution in [3.05, 3.63) is 64.9 Å². The number of benzene rings is 2. The second kappa shape index (κ2) is 5.88. The van der Waals surface area contributed by atoms with Gasteiger partial charge in [-0.2, -0.15) is 5.10 Å². The Labute approximate surface area is 129 Å². The third-order valence-electron chi connectivity index (χ3n) is 2.92. The molecular weight excluding hydrogens is 332 g/mol. The van der Waals surface area contributed by atoms with E-state index in [9.17, 15) is 4.79 Å². The van der Waals surface area contributed by atoms with E-state index in [0.29, 0.717) is 17.1 Å². The summed E-state index contributed by atoms with van der Waals surface area (Å²) in [5.74, 6) is 0.506. The minimum absolute atomic E-state index is 0.155. The zero-order chi connectivity index (χ0) is 14.7. The number of halogens is 1. The van der Waals surface area contributed by atoms with Gasteiger partial charge in [-0.05, 0) is 36.4 Å². The molecule has 3 rings (SSSR count). The molecule has 1 amide bonds. The number of aromatic amines is 1. The number of carbonyl (C=O) groups is 1. The molecular formula is C15H11BrN4O. The van der Waals surface area contributed by atoms with Gasteiger partial charge < -0.3 is 5.32 Å². The van der Waals surface area contributed by atoms with Crippen LogP contribution in [0.15, 0.2) is 59.3 Å². The van der Waals surface area contributed by atoms with Crippen LogP contribution in [-0.4, -0.2) is 21.1 Å². The van der Waals surface area contributed by atoms with Gasteiger partial charge in [0.05, 0.1) is 0 Å². The Morgan fingerprint density at radius 1 is 1.14 bits per heavy atom. The SMILES string of the molecule is O=C(Nc1cccc(-c2ncn[nH]2)c1)c1ccc(Br)cc1. The number of hydrogen-bond acceptors (Lipinski definition) is 3. The first-order chi connectivity index (χ1) is 10.2. The maximum atomic E-state index is 12.2. The van der Waals surface area contributed by atoms with Crippen molar-refractivity contribution in [2.45, 2.75) is 0 Å². The van der Waals surface area contributed by atoms with Gasteiger partial charge in [-0.25, -0.2) is 4.98 Å². The molecule has 21 heavy (non-hydrogen) atoms. The van der Waals surface area contributed by atoms with E-state index in [2.05, 4.69) is 36.4 Å². The van der Waals surface area contributed by atoms with Crippen LogP contribution in [0, 0.1) is 0 Å². The van der Waals surface area contributed by atoms with E-state index in [1.165, 1.54) is 6.33 Å². The lowest BCUT2D eigenvalue weighted by molar-refractivity contribution is 0.102.